The number of nitrogens with zero attached hydrogens (tertiary/aromatic N) is 3. The summed E-state index contributed by atoms with van der Waals surface area (Å²) in [5, 5.41) is 14.4. The summed E-state index contributed by atoms with van der Waals surface area (Å²) in [6.45, 7) is 8.84. The summed E-state index contributed by atoms with van der Waals surface area (Å²) >= 11 is 0. The molecule has 0 saturated heterocycles. The number of nitrogens with one attached hydrogen (secondary N) is 1. The summed E-state index contributed by atoms with van der Waals surface area (Å²) in [6.07, 6.45) is 0.746. The largest absolute Gasteiger partial charge is 0.443 e. The van der Waals surface area contributed by atoms with Crippen molar-refractivity contribution in [3.8, 4) is 0 Å². The molecule has 8 nitrogen and oxygen atoms in total. The molecule has 0 aromatic carbocycles. The molecule has 22 heavy (non-hydrogen) atoms. The van der Waals surface area contributed by atoms with Crippen molar-refractivity contribution >= 4 is 12.0 Å². The number of aryl methyl sites for hydroxylation is 1. The maximum atomic E-state index is 12.6. The topological polar surface area (TPSA) is 96.7 Å². The number of aliphatic hydroxyl groups is 1. The van der Waals surface area contributed by atoms with Gasteiger partial charge in [-0.25, -0.2) is 15.2 Å². The van der Waals surface area contributed by atoms with E-state index >= 15 is 0 Å². The molecule has 1 unspecified atom stereocenters. The Morgan fingerprint density at radius 3 is 2.64 bits per heavy atom. The van der Waals surface area contributed by atoms with E-state index in [9.17, 15) is 14.7 Å². The summed E-state index contributed by atoms with van der Waals surface area (Å²) in [6, 6.07) is 0.944. The van der Waals surface area contributed by atoms with Crippen LogP contribution in [0.5, 0.6) is 0 Å². The molecule has 0 aliphatic rings. The molecule has 1 atom stereocenters. The Morgan fingerprint density at radius 2 is 2.14 bits per heavy atom. The van der Waals surface area contributed by atoms with Gasteiger partial charge in [0, 0.05) is 12.7 Å². The van der Waals surface area contributed by atoms with Crippen LogP contribution in [-0.2, 0) is 11.3 Å². The van der Waals surface area contributed by atoms with Crippen molar-refractivity contribution in [2.24, 2.45) is 0 Å². The number of carbonyl (C=O) groups excluding carboxylic acids is 2. The molecule has 0 bridgehead atoms. The van der Waals surface area contributed by atoms with Gasteiger partial charge in [0.15, 0.2) is 0 Å². The zero-order valence-electron chi connectivity index (χ0n) is 13.7. The molecule has 0 saturated carbocycles. The molecule has 2 amide bonds. The highest BCUT2D eigenvalue weighted by molar-refractivity contribution is 5.93. The lowest BCUT2D eigenvalue weighted by atomic mass is 10.2. The maximum absolute atomic E-state index is 12.6. The summed E-state index contributed by atoms with van der Waals surface area (Å²) in [5.74, 6) is -0.466. The van der Waals surface area contributed by atoms with Gasteiger partial charge in [-0.2, -0.15) is 5.10 Å². The number of hydrazine groups is 1. The van der Waals surface area contributed by atoms with E-state index in [0.29, 0.717) is 12.2 Å². The first-order valence-electron chi connectivity index (χ1n) is 7.15. The molecule has 1 aromatic rings. The van der Waals surface area contributed by atoms with Crippen LogP contribution in [0, 0.1) is 0 Å². The van der Waals surface area contributed by atoms with Crippen molar-refractivity contribution in [2.45, 2.75) is 52.8 Å². The third-order valence-corrected chi connectivity index (χ3v) is 2.77. The number of hydrogen-bond donors (Lipinski definition) is 2. The SMILES string of the molecule is CCn1nccc1C(=O)N(NC(=O)OC(C)(C)C)C(C)CO. The smallest absolute Gasteiger partial charge is 0.426 e. The monoisotopic (exact) mass is 312 g/mol. The third-order valence-electron chi connectivity index (χ3n) is 2.77. The summed E-state index contributed by atoms with van der Waals surface area (Å²) in [4.78, 5) is 24.5. The molecule has 0 aliphatic heterocycles. The highest BCUT2D eigenvalue weighted by Crippen LogP contribution is 2.10. The molecule has 1 heterocycles. The van der Waals surface area contributed by atoms with Gasteiger partial charge in [-0.3, -0.25) is 9.48 Å². The fraction of sp³-hybridized carbons (Fsp3) is 0.643. The number of rotatable bonds is 4. The van der Waals surface area contributed by atoms with E-state index in [1.807, 2.05) is 6.92 Å². The molecule has 0 radical (unpaired) electrons. The first-order chi connectivity index (χ1) is 10.2. The van der Waals surface area contributed by atoms with Gasteiger partial charge >= 0.3 is 6.09 Å². The van der Waals surface area contributed by atoms with E-state index in [1.165, 1.54) is 10.9 Å². The quantitative estimate of drug-likeness (QED) is 0.813. The summed E-state index contributed by atoms with van der Waals surface area (Å²) in [5.41, 5.74) is 2.02. The average molecular weight is 312 g/mol. The zero-order valence-corrected chi connectivity index (χ0v) is 13.7. The molecular formula is C14H24N4O4. The molecule has 0 fully saturated rings. The highest BCUT2D eigenvalue weighted by atomic mass is 16.6. The van der Waals surface area contributed by atoms with Crippen LogP contribution in [0.1, 0.15) is 45.1 Å². The van der Waals surface area contributed by atoms with Crippen molar-refractivity contribution in [3.05, 3.63) is 18.0 Å². The lowest BCUT2D eigenvalue weighted by Gasteiger charge is -2.29. The Kier molecular flexibility index (Phi) is 5.92. The molecule has 0 spiro atoms. The number of aliphatic hydroxyl groups excluding tert-OH is 1. The van der Waals surface area contributed by atoms with Gasteiger partial charge in [0.1, 0.15) is 11.3 Å². The fourth-order valence-corrected chi connectivity index (χ4v) is 1.73. The number of ether oxygens (including phenoxy) is 1. The van der Waals surface area contributed by atoms with Crippen LogP contribution in [0.2, 0.25) is 0 Å². The Bertz CT molecular complexity index is 521. The maximum Gasteiger partial charge on any atom is 0.426 e. The number of aromatic nitrogens is 2. The lowest BCUT2D eigenvalue weighted by Crippen LogP contribution is -2.53. The van der Waals surface area contributed by atoms with Gasteiger partial charge < -0.3 is 9.84 Å². The number of hydrogen-bond acceptors (Lipinski definition) is 5. The van der Waals surface area contributed by atoms with Gasteiger partial charge in [-0.05, 0) is 40.7 Å². The molecule has 8 heteroatoms. The van der Waals surface area contributed by atoms with Crippen LogP contribution in [-0.4, -0.2) is 50.1 Å². The molecule has 0 aliphatic carbocycles. The van der Waals surface area contributed by atoms with E-state index in [1.54, 1.807) is 33.8 Å². The second kappa shape index (κ2) is 7.26. The van der Waals surface area contributed by atoms with Crippen molar-refractivity contribution in [2.75, 3.05) is 6.61 Å². The van der Waals surface area contributed by atoms with Crippen molar-refractivity contribution < 1.29 is 19.4 Å². The number of carbonyl (C=O) groups is 2. The third kappa shape index (κ3) is 4.73. The van der Waals surface area contributed by atoms with E-state index in [-0.39, 0.29) is 6.61 Å². The van der Waals surface area contributed by atoms with Crippen LogP contribution < -0.4 is 5.43 Å². The zero-order chi connectivity index (χ0) is 16.9. The molecule has 2 N–H and O–H groups in total. The van der Waals surface area contributed by atoms with E-state index in [0.717, 1.165) is 5.01 Å². The Hall–Kier alpha value is -2.09. The minimum atomic E-state index is -0.760. The van der Waals surface area contributed by atoms with Crippen LogP contribution in [0.3, 0.4) is 0 Å². The lowest BCUT2D eigenvalue weighted by molar-refractivity contribution is 0.0168. The summed E-state index contributed by atoms with van der Waals surface area (Å²) in [7, 11) is 0. The average Bonchev–Trinajstić information content (AvgIpc) is 2.89. The summed E-state index contributed by atoms with van der Waals surface area (Å²) < 4.78 is 6.65. The van der Waals surface area contributed by atoms with Crippen LogP contribution >= 0.6 is 0 Å². The molecule has 1 rings (SSSR count). The minimum Gasteiger partial charge on any atom is -0.443 e. The second-order valence-corrected chi connectivity index (χ2v) is 5.85. The first-order valence-corrected chi connectivity index (χ1v) is 7.15. The minimum absolute atomic E-state index is 0.304. The Morgan fingerprint density at radius 1 is 1.50 bits per heavy atom. The molecular weight excluding hydrogens is 288 g/mol. The van der Waals surface area contributed by atoms with Gasteiger partial charge in [0.05, 0.1) is 12.6 Å². The van der Waals surface area contributed by atoms with Crippen molar-refractivity contribution in [3.63, 3.8) is 0 Å². The van der Waals surface area contributed by atoms with Gasteiger partial charge in [0.25, 0.3) is 5.91 Å². The van der Waals surface area contributed by atoms with Crippen molar-refractivity contribution in [1.29, 1.82) is 0 Å². The van der Waals surface area contributed by atoms with Gasteiger partial charge in [-0.15, -0.1) is 0 Å². The normalized spacial score (nSPS) is 12.6. The standard InChI is InChI=1S/C14H24N4O4/c1-6-17-11(7-8-15-17)12(20)18(10(2)9-19)16-13(21)22-14(3,4)5/h7-8,10,19H,6,9H2,1-5H3,(H,16,21). The highest BCUT2D eigenvalue weighted by Gasteiger charge is 2.27. The molecule has 124 valence electrons. The molecule has 1 aromatic heterocycles. The van der Waals surface area contributed by atoms with Gasteiger partial charge in [0.2, 0.25) is 0 Å². The van der Waals surface area contributed by atoms with E-state index in [2.05, 4.69) is 10.5 Å². The van der Waals surface area contributed by atoms with Crippen LogP contribution in [0.25, 0.3) is 0 Å². The second-order valence-electron chi connectivity index (χ2n) is 5.85. The first kappa shape index (κ1) is 18.0. The predicted octanol–water partition coefficient (Wildman–Crippen LogP) is 1.17. The fourth-order valence-electron chi connectivity index (χ4n) is 1.73. The van der Waals surface area contributed by atoms with E-state index in [4.69, 9.17) is 4.74 Å². The predicted molar refractivity (Wildman–Crippen MR) is 80.0 cm³/mol. The van der Waals surface area contributed by atoms with Crippen LogP contribution in [0.4, 0.5) is 4.79 Å². The van der Waals surface area contributed by atoms with Crippen LogP contribution in [0.15, 0.2) is 12.3 Å². The van der Waals surface area contributed by atoms with Crippen molar-refractivity contribution in [1.82, 2.24) is 20.2 Å². The van der Waals surface area contributed by atoms with E-state index < -0.39 is 23.6 Å². The Balaban J connectivity index is 2.94. The number of amides is 2. The van der Waals surface area contributed by atoms with Gasteiger partial charge in [-0.1, -0.05) is 0 Å². The Labute approximate surface area is 130 Å².